The van der Waals surface area contributed by atoms with E-state index >= 15 is 0 Å². The van der Waals surface area contributed by atoms with Gasteiger partial charge < -0.3 is 5.32 Å². The second kappa shape index (κ2) is 6.86. The molecule has 2 heteroatoms. The molecule has 0 aliphatic heterocycles. The molecule has 0 fully saturated rings. The van der Waals surface area contributed by atoms with Crippen LogP contribution in [-0.2, 0) is 4.79 Å². The lowest BCUT2D eigenvalue weighted by Gasteiger charge is -2.30. The summed E-state index contributed by atoms with van der Waals surface area (Å²) in [5, 5.41) is 3.08. The van der Waals surface area contributed by atoms with Crippen LogP contribution in [0.4, 0.5) is 0 Å². The summed E-state index contributed by atoms with van der Waals surface area (Å²) in [6, 6.07) is 0.345. The van der Waals surface area contributed by atoms with E-state index in [0.29, 0.717) is 17.9 Å². The highest BCUT2D eigenvalue weighted by molar-refractivity contribution is 5.73. The fourth-order valence-electron chi connectivity index (χ4n) is 2.07. The number of amides is 1. The second-order valence-electron chi connectivity index (χ2n) is 4.43. The molecule has 2 atom stereocenters. The van der Waals surface area contributed by atoms with Crippen molar-refractivity contribution in [2.24, 2.45) is 11.8 Å². The van der Waals surface area contributed by atoms with Gasteiger partial charge in [0.2, 0.25) is 5.91 Å². The van der Waals surface area contributed by atoms with Gasteiger partial charge in [-0.25, -0.2) is 0 Å². The molecule has 1 amide bonds. The van der Waals surface area contributed by atoms with Crippen LogP contribution < -0.4 is 5.32 Å². The molecule has 0 spiro atoms. The molecule has 0 radical (unpaired) electrons. The Morgan fingerprint density at radius 3 is 2.14 bits per heavy atom. The van der Waals surface area contributed by atoms with E-state index in [0.717, 1.165) is 6.42 Å². The maximum absolute atomic E-state index is 11.1. The Kier molecular flexibility index (Phi) is 6.60. The largest absolute Gasteiger partial charge is 0.353 e. The van der Waals surface area contributed by atoms with Crippen LogP contribution in [0.2, 0.25) is 0 Å². The first-order valence-corrected chi connectivity index (χ1v) is 5.79. The molecule has 1 unspecified atom stereocenters. The van der Waals surface area contributed by atoms with Crippen LogP contribution in [-0.4, -0.2) is 11.9 Å². The molecule has 0 rings (SSSR count). The lowest BCUT2D eigenvalue weighted by molar-refractivity contribution is -0.120. The molecule has 14 heavy (non-hydrogen) atoms. The molecule has 84 valence electrons. The van der Waals surface area contributed by atoms with Crippen molar-refractivity contribution in [1.82, 2.24) is 5.32 Å². The fourth-order valence-corrected chi connectivity index (χ4v) is 2.07. The van der Waals surface area contributed by atoms with Crippen molar-refractivity contribution in [3.8, 4) is 0 Å². The number of nitrogens with one attached hydrogen (secondary N) is 1. The highest BCUT2D eigenvalue weighted by Crippen LogP contribution is 2.21. The molecule has 0 aromatic rings. The number of carbonyl (C=O) groups excluding carboxylic acids is 1. The zero-order valence-corrected chi connectivity index (χ0v) is 10.3. The van der Waals surface area contributed by atoms with E-state index in [1.165, 1.54) is 12.8 Å². The topological polar surface area (TPSA) is 29.1 Å². The third-order valence-corrected chi connectivity index (χ3v) is 2.78. The zero-order chi connectivity index (χ0) is 11.1. The summed E-state index contributed by atoms with van der Waals surface area (Å²) in [5.41, 5.74) is 0. The molecule has 0 saturated heterocycles. The number of rotatable bonds is 6. The molecular formula is C12H25NO. The predicted octanol–water partition coefficient (Wildman–Crippen LogP) is 2.97. The molecular weight excluding hydrogens is 174 g/mol. The Bertz CT molecular complexity index is 166. The SMILES string of the molecule is CCCC(CC)[C@@H](NC(C)=O)C(C)C. The molecule has 0 heterocycles. The van der Waals surface area contributed by atoms with Gasteiger partial charge in [0.1, 0.15) is 0 Å². The van der Waals surface area contributed by atoms with Crippen molar-refractivity contribution in [3.05, 3.63) is 0 Å². The standard InChI is InChI=1S/C12H25NO/c1-6-8-11(7-2)12(9(3)4)13-10(5)14/h9,11-12H,6-8H2,1-5H3,(H,13,14)/t11?,12-/m0/s1. The molecule has 2 nitrogen and oxygen atoms in total. The van der Waals surface area contributed by atoms with E-state index in [9.17, 15) is 4.79 Å². The molecule has 0 aromatic heterocycles. The summed E-state index contributed by atoms with van der Waals surface area (Å²) in [4.78, 5) is 11.1. The van der Waals surface area contributed by atoms with Crippen molar-refractivity contribution >= 4 is 5.91 Å². The Balaban J connectivity index is 4.34. The van der Waals surface area contributed by atoms with E-state index in [2.05, 4.69) is 33.0 Å². The normalized spacial score (nSPS) is 15.3. The van der Waals surface area contributed by atoms with Crippen molar-refractivity contribution < 1.29 is 4.79 Å². The molecule has 0 aromatic carbocycles. The van der Waals surface area contributed by atoms with Crippen molar-refractivity contribution in [2.75, 3.05) is 0 Å². The molecule has 0 saturated carbocycles. The van der Waals surface area contributed by atoms with E-state index < -0.39 is 0 Å². The number of hydrogen-bond acceptors (Lipinski definition) is 1. The van der Waals surface area contributed by atoms with Gasteiger partial charge in [-0.15, -0.1) is 0 Å². The van der Waals surface area contributed by atoms with Gasteiger partial charge in [-0.2, -0.15) is 0 Å². The van der Waals surface area contributed by atoms with E-state index in [1.807, 2.05) is 0 Å². The van der Waals surface area contributed by atoms with Gasteiger partial charge in [-0.1, -0.05) is 40.5 Å². The number of carbonyl (C=O) groups is 1. The molecule has 1 N–H and O–H groups in total. The lowest BCUT2D eigenvalue weighted by atomic mass is 9.85. The quantitative estimate of drug-likeness (QED) is 0.700. The highest BCUT2D eigenvalue weighted by Gasteiger charge is 2.22. The summed E-state index contributed by atoms with van der Waals surface area (Å²) >= 11 is 0. The first-order chi connectivity index (χ1) is 6.52. The summed E-state index contributed by atoms with van der Waals surface area (Å²) < 4.78 is 0. The third kappa shape index (κ3) is 4.64. The van der Waals surface area contributed by atoms with Crippen LogP contribution in [0, 0.1) is 11.8 Å². The van der Waals surface area contributed by atoms with Crippen LogP contribution in [0.5, 0.6) is 0 Å². The Hall–Kier alpha value is -0.530. The van der Waals surface area contributed by atoms with E-state index in [4.69, 9.17) is 0 Å². The maximum Gasteiger partial charge on any atom is 0.217 e. The summed E-state index contributed by atoms with van der Waals surface area (Å²) in [5.74, 6) is 1.25. The first-order valence-electron chi connectivity index (χ1n) is 5.79. The first kappa shape index (κ1) is 13.5. The van der Waals surface area contributed by atoms with Crippen LogP contribution in [0.15, 0.2) is 0 Å². The highest BCUT2D eigenvalue weighted by atomic mass is 16.1. The Morgan fingerprint density at radius 1 is 1.29 bits per heavy atom. The maximum atomic E-state index is 11.1. The Labute approximate surface area is 88.5 Å². The monoisotopic (exact) mass is 199 g/mol. The molecule has 0 aliphatic carbocycles. The van der Waals surface area contributed by atoms with Crippen LogP contribution in [0.25, 0.3) is 0 Å². The van der Waals surface area contributed by atoms with Crippen molar-refractivity contribution in [1.29, 1.82) is 0 Å². The van der Waals surface area contributed by atoms with Crippen LogP contribution in [0.1, 0.15) is 53.9 Å². The molecule has 0 bridgehead atoms. The van der Waals surface area contributed by atoms with E-state index in [-0.39, 0.29) is 5.91 Å². The third-order valence-electron chi connectivity index (χ3n) is 2.78. The van der Waals surface area contributed by atoms with Gasteiger partial charge in [-0.3, -0.25) is 4.79 Å². The smallest absolute Gasteiger partial charge is 0.217 e. The lowest BCUT2D eigenvalue weighted by Crippen LogP contribution is -2.42. The van der Waals surface area contributed by atoms with Crippen molar-refractivity contribution in [2.45, 2.75) is 59.9 Å². The zero-order valence-electron chi connectivity index (χ0n) is 10.3. The minimum absolute atomic E-state index is 0.0956. The van der Waals surface area contributed by atoms with Crippen LogP contribution in [0.3, 0.4) is 0 Å². The molecule has 0 aliphatic rings. The van der Waals surface area contributed by atoms with E-state index in [1.54, 1.807) is 6.92 Å². The minimum atomic E-state index is 0.0956. The summed E-state index contributed by atoms with van der Waals surface area (Å²) in [6.07, 6.45) is 3.55. The van der Waals surface area contributed by atoms with Gasteiger partial charge in [0, 0.05) is 13.0 Å². The van der Waals surface area contributed by atoms with Gasteiger partial charge in [0.25, 0.3) is 0 Å². The van der Waals surface area contributed by atoms with Gasteiger partial charge in [0.05, 0.1) is 0 Å². The summed E-state index contributed by atoms with van der Waals surface area (Å²) in [7, 11) is 0. The minimum Gasteiger partial charge on any atom is -0.353 e. The van der Waals surface area contributed by atoms with Gasteiger partial charge in [-0.05, 0) is 18.3 Å². The van der Waals surface area contributed by atoms with Gasteiger partial charge in [0.15, 0.2) is 0 Å². The van der Waals surface area contributed by atoms with Crippen LogP contribution >= 0.6 is 0 Å². The average Bonchev–Trinajstić information content (AvgIpc) is 2.10. The second-order valence-corrected chi connectivity index (χ2v) is 4.43. The fraction of sp³-hybridized carbons (Fsp3) is 0.917. The predicted molar refractivity (Wildman–Crippen MR) is 61.1 cm³/mol. The van der Waals surface area contributed by atoms with Gasteiger partial charge >= 0.3 is 0 Å². The average molecular weight is 199 g/mol. The number of hydrogen-bond donors (Lipinski definition) is 1. The Morgan fingerprint density at radius 2 is 1.86 bits per heavy atom. The summed E-state index contributed by atoms with van der Waals surface area (Å²) in [6.45, 7) is 10.4. The van der Waals surface area contributed by atoms with Crippen molar-refractivity contribution in [3.63, 3.8) is 0 Å².